The normalized spacial score (nSPS) is 13.2. The second-order valence-corrected chi connectivity index (χ2v) is 8.05. The molecule has 164 valence electrons. The van der Waals surface area contributed by atoms with E-state index in [0.29, 0.717) is 29.7 Å². The van der Waals surface area contributed by atoms with E-state index in [1.54, 1.807) is 6.92 Å². The van der Waals surface area contributed by atoms with Gasteiger partial charge in [0.05, 0.1) is 15.6 Å². The molecule has 0 radical (unpaired) electrons. The molecule has 0 aliphatic carbocycles. The van der Waals surface area contributed by atoms with Gasteiger partial charge in [-0.25, -0.2) is 8.89 Å². The third-order valence-corrected chi connectivity index (χ3v) is 5.48. The number of nitrogens with one attached hydrogen (secondary N) is 1. The molecule has 5 nitrogen and oxygen atoms in total. The predicted molar refractivity (Wildman–Crippen MR) is 99.2 cm³/mol. The van der Waals surface area contributed by atoms with Crippen molar-refractivity contribution in [1.82, 2.24) is 9.78 Å². The molecule has 1 unspecified atom stereocenters. The van der Waals surface area contributed by atoms with Crippen molar-refractivity contribution in [3.63, 3.8) is 0 Å². The molecular weight excluding hydrogens is 481 g/mol. The first-order chi connectivity index (χ1) is 13.8. The maximum atomic E-state index is 13.1. The Labute approximate surface area is 179 Å². The molecule has 1 N–H and O–H groups in total. The topological polar surface area (TPSA) is 70.7 Å². The number of hydrogen-bond acceptors (Lipinski definition) is 4. The van der Waals surface area contributed by atoms with Crippen molar-refractivity contribution >= 4 is 39.8 Å². The van der Waals surface area contributed by atoms with E-state index in [1.807, 2.05) is 0 Å². The van der Waals surface area contributed by atoms with Gasteiger partial charge in [-0.3, -0.25) is 0 Å². The smallest absolute Gasteiger partial charge is 0.369 e. The molecule has 0 aliphatic rings. The number of anilines is 1. The Morgan fingerprint density at radius 1 is 1.20 bits per heavy atom. The molecule has 0 saturated heterocycles. The lowest BCUT2D eigenvalue weighted by Gasteiger charge is -2.16. The molecule has 1 atom stereocenters. The fourth-order valence-corrected chi connectivity index (χ4v) is 3.88. The SMILES string of the molecule is CCCCNc1c(S(=O)C(F)(F)F)c(C#N)nn1-c1c(Cl)cc(C(F)(F)F)cc1Cl. The number of unbranched alkanes of at least 4 members (excludes halogenated alkanes) is 1. The fourth-order valence-electron chi connectivity index (χ4n) is 2.40. The summed E-state index contributed by atoms with van der Waals surface area (Å²) >= 11 is 11.9. The van der Waals surface area contributed by atoms with Gasteiger partial charge in [0, 0.05) is 6.54 Å². The molecule has 1 heterocycles. The van der Waals surface area contributed by atoms with Crippen molar-refractivity contribution in [3.8, 4) is 11.8 Å². The highest BCUT2D eigenvalue weighted by Gasteiger charge is 2.43. The van der Waals surface area contributed by atoms with E-state index in [-0.39, 0.29) is 6.54 Å². The number of nitrogens with zero attached hydrogens (tertiary/aromatic N) is 3. The molecule has 1 aromatic carbocycles. The summed E-state index contributed by atoms with van der Waals surface area (Å²) in [6.45, 7) is 1.91. The van der Waals surface area contributed by atoms with Crippen molar-refractivity contribution in [2.45, 2.75) is 36.3 Å². The Morgan fingerprint density at radius 3 is 2.20 bits per heavy atom. The molecule has 0 saturated carbocycles. The van der Waals surface area contributed by atoms with Crippen molar-refractivity contribution in [3.05, 3.63) is 33.4 Å². The van der Waals surface area contributed by atoms with Gasteiger partial charge in [-0.2, -0.15) is 36.7 Å². The number of rotatable bonds is 6. The molecule has 0 spiro atoms. The van der Waals surface area contributed by atoms with Crippen molar-refractivity contribution < 1.29 is 30.6 Å². The summed E-state index contributed by atoms with van der Waals surface area (Å²) in [4.78, 5) is -0.965. The molecule has 0 bridgehead atoms. The maximum Gasteiger partial charge on any atom is 0.476 e. The first kappa shape index (κ1) is 24.3. The zero-order chi connectivity index (χ0) is 22.9. The Bertz CT molecular complexity index is 990. The molecule has 0 aliphatic heterocycles. The summed E-state index contributed by atoms with van der Waals surface area (Å²) in [7, 11) is -3.65. The van der Waals surface area contributed by atoms with Gasteiger partial charge < -0.3 is 5.32 Å². The van der Waals surface area contributed by atoms with Gasteiger partial charge in [-0.05, 0) is 18.6 Å². The standard InChI is InChI=1S/C16H12Cl2F6N4OS/c1-2-3-4-26-14-13(30(29)16(22,23)24)11(7-25)27-28(14)12-9(17)5-8(6-10(12)18)15(19,20)21/h5-6,26H,2-4H2,1H3. The van der Waals surface area contributed by atoms with Gasteiger partial charge in [0.1, 0.15) is 22.5 Å². The van der Waals surface area contributed by atoms with Crippen LogP contribution < -0.4 is 5.32 Å². The van der Waals surface area contributed by atoms with E-state index in [9.17, 15) is 35.8 Å². The molecule has 0 fully saturated rings. The Balaban J connectivity index is 2.79. The number of nitriles is 1. The lowest BCUT2D eigenvalue weighted by Crippen LogP contribution is -2.19. The van der Waals surface area contributed by atoms with Gasteiger partial charge in [-0.15, -0.1) is 0 Å². The van der Waals surface area contributed by atoms with Crippen LogP contribution in [0.15, 0.2) is 17.0 Å². The van der Waals surface area contributed by atoms with E-state index >= 15 is 0 Å². The number of halogens is 8. The van der Waals surface area contributed by atoms with E-state index in [1.165, 1.54) is 6.07 Å². The fraction of sp³-hybridized carbons (Fsp3) is 0.375. The highest BCUT2D eigenvalue weighted by atomic mass is 35.5. The molecule has 1 aromatic heterocycles. The van der Waals surface area contributed by atoms with Crippen LogP contribution in [-0.2, 0) is 17.0 Å². The van der Waals surface area contributed by atoms with E-state index < -0.39 is 60.2 Å². The third-order valence-electron chi connectivity index (χ3n) is 3.72. The van der Waals surface area contributed by atoms with Crippen LogP contribution in [0.1, 0.15) is 31.0 Å². The molecule has 2 aromatic rings. The van der Waals surface area contributed by atoms with Crippen LogP contribution in [0, 0.1) is 11.3 Å². The number of benzene rings is 1. The minimum Gasteiger partial charge on any atom is -0.369 e. The van der Waals surface area contributed by atoms with Gasteiger partial charge >= 0.3 is 11.7 Å². The average Bonchev–Trinajstić information content (AvgIpc) is 2.97. The second-order valence-electron chi connectivity index (χ2n) is 5.83. The van der Waals surface area contributed by atoms with Crippen LogP contribution in [0.5, 0.6) is 0 Å². The minimum atomic E-state index is -5.21. The second kappa shape index (κ2) is 9.03. The van der Waals surface area contributed by atoms with Gasteiger partial charge in [0.15, 0.2) is 16.5 Å². The summed E-state index contributed by atoms with van der Waals surface area (Å²) in [6, 6.07) is 2.45. The van der Waals surface area contributed by atoms with Crippen LogP contribution in [0.3, 0.4) is 0 Å². The third kappa shape index (κ3) is 5.01. The van der Waals surface area contributed by atoms with Gasteiger partial charge in [-0.1, -0.05) is 36.5 Å². The monoisotopic (exact) mass is 492 g/mol. The molecular formula is C16H12Cl2F6N4OS. The zero-order valence-electron chi connectivity index (χ0n) is 15.0. The summed E-state index contributed by atoms with van der Waals surface area (Å²) < 4.78 is 91.0. The molecule has 30 heavy (non-hydrogen) atoms. The predicted octanol–water partition coefficient (Wildman–Crippen LogP) is 5.91. The lowest BCUT2D eigenvalue weighted by molar-refractivity contribution is -0.137. The largest absolute Gasteiger partial charge is 0.476 e. The zero-order valence-corrected chi connectivity index (χ0v) is 17.3. The molecule has 0 amide bonds. The number of hydrogen-bond donors (Lipinski definition) is 1. The van der Waals surface area contributed by atoms with E-state index in [4.69, 9.17) is 23.2 Å². The number of alkyl halides is 6. The highest BCUT2D eigenvalue weighted by Crippen LogP contribution is 2.41. The molecule has 14 heteroatoms. The summed E-state index contributed by atoms with van der Waals surface area (Å²) in [6.07, 6.45) is -3.65. The van der Waals surface area contributed by atoms with E-state index in [0.717, 1.165) is 0 Å². The summed E-state index contributed by atoms with van der Waals surface area (Å²) in [5.74, 6) is -0.501. The highest BCUT2D eigenvalue weighted by molar-refractivity contribution is 7.86. The molecule has 2 rings (SSSR count). The summed E-state index contributed by atoms with van der Waals surface area (Å²) in [5.41, 5.74) is -7.63. The van der Waals surface area contributed by atoms with Crippen LogP contribution in [0.25, 0.3) is 5.69 Å². The Morgan fingerprint density at radius 2 is 1.77 bits per heavy atom. The van der Waals surface area contributed by atoms with Crippen molar-refractivity contribution in [1.29, 1.82) is 5.26 Å². The van der Waals surface area contributed by atoms with Crippen molar-refractivity contribution in [2.75, 3.05) is 11.9 Å². The van der Waals surface area contributed by atoms with Gasteiger partial charge in [0.25, 0.3) is 0 Å². The average molecular weight is 493 g/mol. The maximum absolute atomic E-state index is 13.1. The van der Waals surface area contributed by atoms with Crippen LogP contribution in [0.4, 0.5) is 32.2 Å². The van der Waals surface area contributed by atoms with Crippen LogP contribution in [0.2, 0.25) is 10.0 Å². The first-order valence-electron chi connectivity index (χ1n) is 8.15. The summed E-state index contributed by atoms with van der Waals surface area (Å²) in [5, 5.41) is 14.3. The van der Waals surface area contributed by atoms with Crippen LogP contribution >= 0.6 is 23.2 Å². The van der Waals surface area contributed by atoms with Crippen LogP contribution in [-0.4, -0.2) is 26.0 Å². The van der Waals surface area contributed by atoms with Gasteiger partial charge in [0.2, 0.25) is 0 Å². The minimum absolute atomic E-state index is 0.102. The quantitative estimate of drug-likeness (QED) is 0.402. The van der Waals surface area contributed by atoms with Crippen molar-refractivity contribution in [2.24, 2.45) is 0 Å². The van der Waals surface area contributed by atoms with E-state index in [2.05, 4.69) is 10.4 Å². The first-order valence-corrected chi connectivity index (χ1v) is 10.1. The lowest BCUT2D eigenvalue weighted by atomic mass is 10.2. The Kier molecular flexibility index (Phi) is 7.32. The Hall–Kier alpha value is -1.97. The number of aromatic nitrogens is 2.